The van der Waals surface area contributed by atoms with Crippen LogP contribution in [0.1, 0.15) is 34.6 Å². The number of pyridine rings is 1. The van der Waals surface area contributed by atoms with Crippen LogP contribution >= 0.6 is 22.9 Å². The summed E-state index contributed by atoms with van der Waals surface area (Å²) in [6, 6.07) is 6.83. The predicted molar refractivity (Wildman–Crippen MR) is 103 cm³/mol. The Morgan fingerprint density at radius 1 is 1.42 bits per heavy atom. The molecule has 0 fully saturated rings. The topological polar surface area (TPSA) is 33.3 Å². The second-order valence-corrected chi connectivity index (χ2v) is 7.38. The Morgan fingerprint density at radius 2 is 2.12 bits per heavy atom. The number of ketones is 1. The molecule has 0 unspecified atom stereocenters. The number of carbonyl (C=O) groups is 1. The van der Waals surface area contributed by atoms with Crippen LogP contribution in [0.15, 0.2) is 54.3 Å². The quantitative estimate of drug-likeness (QED) is 0.172. The number of thiophene rings is 1. The molecule has 0 N–H and O–H groups in total. The number of aliphatic imine (C=N–C) groups is 1. The molecular formula is C18H19ClN2OS2. The van der Waals surface area contributed by atoms with Crippen molar-refractivity contribution in [2.24, 2.45) is 4.99 Å². The van der Waals surface area contributed by atoms with Gasteiger partial charge in [0.15, 0.2) is 12.4 Å². The van der Waals surface area contributed by atoms with Gasteiger partial charge < -0.3 is 17.6 Å². The first-order valence-corrected chi connectivity index (χ1v) is 9.28. The Labute approximate surface area is 157 Å². The van der Waals surface area contributed by atoms with E-state index in [9.17, 15) is 4.79 Å². The molecule has 0 amide bonds. The second-order valence-electron chi connectivity index (χ2n) is 5.24. The molecule has 126 valence electrons. The fourth-order valence-corrected chi connectivity index (χ4v) is 3.60. The van der Waals surface area contributed by atoms with Gasteiger partial charge >= 0.3 is 0 Å². The standard InChI is InChI=1S/C18H19ClN2OS2/c1-3-5-13-8-11-21(12-9-13)16(18(23)20-10-4-2)17(22)14-6-7-15(19)24-14/h4,6-9,11-12,16H,2-3,5,10H2,1H3/t16-/m0/s1. The van der Waals surface area contributed by atoms with Gasteiger partial charge in [-0.3, -0.25) is 4.79 Å². The van der Waals surface area contributed by atoms with Crippen LogP contribution in [0.4, 0.5) is 0 Å². The molecule has 2 aromatic rings. The van der Waals surface area contributed by atoms with Gasteiger partial charge in [-0.1, -0.05) is 31.0 Å². The molecule has 2 rings (SSSR count). The number of rotatable bonds is 8. The summed E-state index contributed by atoms with van der Waals surface area (Å²) >= 11 is 12.6. The van der Waals surface area contributed by atoms with Gasteiger partial charge in [0.05, 0.1) is 15.8 Å². The maximum atomic E-state index is 12.9. The van der Waals surface area contributed by atoms with E-state index in [4.69, 9.17) is 24.2 Å². The maximum Gasteiger partial charge on any atom is 0.244 e. The van der Waals surface area contributed by atoms with Crippen LogP contribution in [0.3, 0.4) is 0 Å². The van der Waals surface area contributed by atoms with Crippen molar-refractivity contribution in [2.45, 2.75) is 25.8 Å². The first-order valence-electron chi connectivity index (χ1n) is 7.68. The molecule has 0 saturated heterocycles. The Hall–Kier alpha value is -1.56. The minimum atomic E-state index is -0.648. The summed E-state index contributed by atoms with van der Waals surface area (Å²) in [7, 11) is 0. The molecule has 0 aromatic carbocycles. The maximum absolute atomic E-state index is 12.9. The normalized spacial score (nSPS) is 12.8. The van der Waals surface area contributed by atoms with Crippen molar-refractivity contribution in [1.82, 2.24) is 0 Å². The van der Waals surface area contributed by atoms with Crippen molar-refractivity contribution >= 4 is 46.4 Å². The van der Waals surface area contributed by atoms with Gasteiger partial charge in [0, 0.05) is 12.1 Å². The van der Waals surface area contributed by atoms with Crippen molar-refractivity contribution < 1.29 is 9.36 Å². The van der Waals surface area contributed by atoms with E-state index in [2.05, 4.69) is 18.5 Å². The molecule has 0 aliphatic carbocycles. The van der Waals surface area contributed by atoms with Crippen molar-refractivity contribution in [1.29, 1.82) is 0 Å². The second kappa shape index (κ2) is 9.06. The Balaban J connectivity index is 2.38. The van der Waals surface area contributed by atoms with Crippen LogP contribution in [0, 0.1) is 0 Å². The van der Waals surface area contributed by atoms with E-state index in [0.29, 0.717) is 20.8 Å². The van der Waals surface area contributed by atoms with Gasteiger partial charge in [0.2, 0.25) is 11.8 Å². The van der Waals surface area contributed by atoms with Crippen LogP contribution < -0.4 is 4.57 Å². The highest BCUT2D eigenvalue weighted by Gasteiger charge is 2.29. The van der Waals surface area contributed by atoms with Crippen LogP contribution in [-0.2, 0) is 19.0 Å². The molecule has 3 nitrogen and oxygen atoms in total. The number of Topliss-reactive ketones (excluding diaryl/α,β-unsaturated/α-hetero) is 1. The van der Waals surface area contributed by atoms with E-state index in [-0.39, 0.29) is 5.78 Å². The monoisotopic (exact) mass is 378 g/mol. The van der Waals surface area contributed by atoms with E-state index >= 15 is 0 Å². The van der Waals surface area contributed by atoms with Gasteiger partial charge in [-0.2, -0.15) is 4.57 Å². The van der Waals surface area contributed by atoms with E-state index in [1.807, 2.05) is 29.1 Å². The van der Waals surface area contributed by atoms with E-state index < -0.39 is 6.04 Å². The number of carbonyl (C=O) groups excluding carboxylic acids is 1. The van der Waals surface area contributed by atoms with Crippen LogP contribution in [0.25, 0.3) is 0 Å². The Bertz CT molecular complexity index is 738. The zero-order chi connectivity index (χ0) is 17.5. The van der Waals surface area contributed by atoms with Crippen LogP contribution in [0.2, 0.25) is 4.34 Å². The molecule has 6 heteroatoms. The zero-order valence-corrected chi connectivity index (χ0v) is 15.8. The highest BCUT2D eigenvalue weighted by atomic mass is 35.5. The molecule has 0 saturated carbocycles. The molecule has 0 bridgehead atoms. The summed E-state index contributed by atoms with van der Waals surface area (Å²) in [5.74, 6) is -0.0991. The molecule has 24 heavy (non-hydrogen) atoms. The molecule has 2 aromatic heterocycles. The highest BCUT2D eigenvalue weighted by molar-refractivity contribution is 7.77. The third kappa shape index (κ3) is 4.72. The summed E-state index contributed by atoms with van der Waals surface area (Å²) in [4.78, 5) is 17.8. The fourth-order valence-electron chi connectivity index (χ4n) is 2.29. The molecule has 0 spiro atoms. The molecule has 0 radical (unpaired) electrons. The van der Waals surface area contributed by atoms with Crippen molar-refractivity contribution in [3.05, 3.63) is 64.1 Å². The van der Waals surface area contributed by atoms with E-state index in [0.717, 1.165) is 12.8 Å². The lowest BCUT2D eigenvalue weighted by molar-refractivity contribution is -0.691. The minimum Gasteiger partial charge on any atom is -0.758 e. The number of aromatic nitrogens is 1. The van der Waals surface area contributed by atoms with Crippen LogP contribution in [-0.4, -0.2) is 17.4 Å². The SMILES string of the molecule is C=CCN=C([S-])[C@H](C(=O)c1ccc(Cl)s1)[n+]1ccc(CCC)cc1. The third-order valence-electron chi connectivity index (χ3n) is 3.43. The number of aryl methyl sites for hydroxylation is 1. The van der Waals surface area contributed by atoms with Crippen molar-refractivity contribution in [3.63, 3.8) is 0 Å². The average Bonchev–Trinajstić information content (AvgIpc) is 3.01. The summed E-state index contributed by atoms with van der Waals surface area (Å²) in [6.07, 6.45) is 7.51. The first-order chi connectivity index (χ1) is 11.6. The van der Waals surface area contributed by atoms with Gasteiger partial charge in [0.1, 0.15) is 0 Å². The highest BCUT2D eigenvalue weighted by Crippen LogP contribution is 2.24. The molecule has 0 aliphatic rings. The third-order valence-corrected chi connectivity index (χ3v) is 5.03. The molecule has 0 aliphatic heterocycles. The fraction of sp³-hybridized carbons (Fsp3) is 0.278. The summed E-state index contributed by atoms with van der Waals surface area (Å²) < 4.78 is 2.39. The summed E-state index contributed by atoms with van der Waals surface area (Å²) in [5, 5.41) is 0.345. The zero-order valence-electron chi connectivity index (χ0n) is 13.4. The number of halogens is 1. The number of nitrogens with zero attached hydrogens (tertiary/aromatic N) is 2. The van der Waals surface area contributed by atoms with Gasteiger partial charge in [-0.15, -0.1) is 17.9 Å². The minimum absolute atomic E-state index is 0.0991. The van der Waals surface area contributed by atoms with E-state index in [1.54, 1.807) is 18.2 Å². The Morgan fingerprint density at radius 3 is 2.67 bits per heavy atom. The van der Waals surface area contributed by atoms with Crippen molar-refractivity contribution in [3.8, 4) is 0 Å². The number of hydrogen-bond acceptors (Lipinski definition) is 4. The summed E-state index contributed by atoms with van der Waals surface area (Å²) in [5.41, 5.74) is 1.23. The average molecular weight is 379 g/mol. The van der Waals surface area contributed by atoms with Crippen molar-refractivity contribution in [2.75, 3.05) is 6.54 Å². The van der Waals surface area contributed by atoms with Crippen LogP contribution in [0.5, 0.6) is 0 Å². The van der Waals surface area contributed by atoms with Gasteiger partial charge in [-0.05, 0) is 29.2 Å². The summed E-state index contributed by atoms with van der Waals surface area (Å²) in [6.45, 7) is 6.17. The predicted octanol–water partition coefficient (Wildman–Crippen LogP) is 4.20. The molecule has 2 heterocycles. The molecular weight excluding hydrogens is 360 g/mol. The first kappa shape index (κ1) is 18.8. The van der Waals surface area contributed by atoms with Gasteiger partial charge in [-0.25, -0.2) is 0 Å². The van der Waals surface area contributed by atoms with E-state index in [1.165, 1.54) is 16.9 Å². The van der Waals surface area contributed by atoms with Gasteiger partial charge in [0.25, 0.3) is 0 Å². The Kier molecular flexibility index (Phi) is 7.09. The largest absolute Gasteiger partial charge is 0.758 e. The lowest BCUT2D eigenvalue weighted by atomic mass is 10.1. The molecule has 1 atom stereocenters. The lowest BCUT2D eigenvalue weighted by Gasteiger charge is -2.18. The lowest BCUT2D eigenvalue weighted by Crippen LogP contribution is -2.47. The smallest absolute Gasteiger partial charge is 0.244 e. The number of hydrogen-bond donors (Lipinski definition) is 0.